The van der Waals surface area contributed by atoms with Crippen LogP contribution < -0.4 is 0 Å². The number of aryl methyl sites for hydroxylation is 1. The van der Waals surface area contributed by atoms with Gasteiger partial charge in [0.15, 0.2) is 5.78 Å². The van der Waals surface area contributed by atoms with Crippen LogP contribution in [0.3, 0.4) is 0 Å². The van der Waals surface area contributed by atoms with Gasteiger partial charge in [-0.05, 0) is 43.0 Å². The standard InChI is InChI=1S/C21H19NO/c1-15-8-5-6-11-18(15)22-19-12-7-13-21(23)17(19)14-20(22)16-9-3-2-4-10-16/h2-6,8-11,14H,7,12-13H2,1H3. The third-order valence-corrected chi connectivity index (χ3v) is 4.65. The van der Waals surface area contributed by atoms with E-state index in [9.17, 15) is 4.79 Å². The molecule has 1 heterocycles. The minimum Gasteiger partial charge on any atom is -0.313 e. The Hall–Kier alpha value is -2.61. The Bertz CT molecular complexity index is 874. The van der Waals surface area contributed by atoms with Crippen molar-refractivity contribution in [3.8, 4) is 16.9 Å². The molecule has 0 fully saturated rings. The SMILES string of the molecule is Cc1ccccc1-n1c(-c2ccccc2)cc2c1CCCC2=O. The van der Waals surface area contributed by atoms with Crippen molar-refractivity contribution in [1.82, 2.24) is 4.57 Å². The van der Waals surface area contributed by atoms with Crippen LogP contribution in [-0.2, 0) is 6.42 Å². The second-order valence-corrected chi connectivity index (χ2v) is 6.15. The van der Waals surface area contributed by atoms with Gasteiger partial charge in [0, 0.05) is 23.4 Å². The van der Waals surface area contributed by atoms with Crippen LogP contribution in [0.5, 0.6) is 0 Å². The Kier molecular flexibility index (Phi) is 3.38. The third kappa shape index (κ3) is 2.31. The van der Waals surface area contributed by atoms with Crippen molar-refractivity contribution in [2.75, 3.05) is 0 Å². The molecule has 114 valence electrons. The van der Waals surface area contributed by atoms with Gasteiger partial charge in [0.05, 0.1) is 5.69 Å². The second-order valence-electron chi connectivity index (χ2n) is 6.15. The molecule has 0 aliphatic heterocycles. The highest BCUT2D eigenvalue weighted by molar-refractivity contribution is 6.00. The van der Waals surface area contributed by atoms with E-state index in [1.807, 2.05) is 18.2 Å². The highest BCUT2D eigenvalue weighted by atomic mass is 16.1. The second kappa shape index (κ2) is 5.54. The molecule has 0 bridgehead atoms. The van der Waals surface area contributed by atoms with E-state index in [0.29, 0.717) is 6.42 Å². The topological polar surface area (TPSA) is 22.0 Å². The minimum absolute atomic E-state index is 0.274. The average molecular weight is 301 g/mol. The van der Waals surface area contributed by atoms with Crippen molar-refractivity contribution in [2.45, 2.75) is 26.2 Å². The number of carbonyl (C=O) groups excluding carboxylic acids is 1. The van der Waals surface area contributed by atoms with Gasteiger partial charge in [0.25, 0.3) is 0 Å². The molecule has 0 saturated carbocycles. The molecule has 0 radical (unpaired) electrons. The molecule has 2 aromatic carbocycles. The summed E-state index contributed by atoms with van der Waals surface area (Å²) in [4.78, 5) is 12.4. The van der Waals surface area contributed by atoms with E-state index >= 15 is 0 Å². The zero-order valence-corrected chi connectivity index (χ0v) is 13.3. The van der Waals surface area contributed by atoms with Crippen molar-refractivity contribution >= 4 is 5.78 Å². The number of hydrogen-bond acceptors (Lipinski definition) is 1. The Labute approximate surface area is 136 Å². The van der Waals surface area contributed by atoms with Gasteiger partial charge >= 0.3 is 0 Å². The molecule has 1 aliphatic carbocycles. The summed E-state index contributed by atoms with van der Waals surface area (Å²) in [5.41, 5.74) is 6.72. The van der Waals surface area contributed by atoms with Crippen molar-refractivity contribution in [2.24, 2.45) is 0 Å². The molecular formula is C21H19NO. The van der Waals surface area contributed by atoms with E-state index in [1.54, 1.807) is 0 Å². The Balaban J connectivity index is 2.03. The number of carbonyl (C=O) groups is 1. The largest absolute Gasteiger partial charge is 0.313 e. The maximum atomic E-state index is 12.4. The van der Waals surface area contributed by atoms with Crippen molar-refractivity contribution in [3.05, 3.63) is 77.5 Å². The minimum atomic E-state index is 0.274. The Morgan fingerprint density at radius 2 is 1.65 bits per heavy atom. The number of fused-ring (bicyclic) bond motifs is 1. The van der Waals surface area contributed by atoms with E-state index in [1.165, 1.54) is 11.3 Å². The van der Waals surface area contributed by atoms with Gasteiger partial charge in [-0.2, -0.15) is 0 Å². The molecule has 1 aromatic heterocycles. The van der Waals surface area contributed by atoms with E-state index < -0.39 is 0 Å². The van der Waals surface area contributed by atoms with Crippen molar-refractivity contribution in [1.29, 1.82) is 0 Å². The molecule has 1 aliphatic rings. The van der Waals surface area contributed by atoms with Crippen molar-refractivity contribution in [3.63, 3.8) is 0 Å². The predicted octanol–water partition coefficient (Wildman–Crippen LogP) is 4.97. The molecule has 4 rings (SSSR count). The highest BCUT2D eigenvalue weighted by Gasteiger charge is 2.25. The number of ketones is 1. The quantitative estimate of drug-likeness (QED) is 0.655. The van der Waals surface area contributed by atoms with Crippen LogP contribution in [0.4, 0.5) is 0 Å². The fraction of sp³-hybridized carbons (Fsp3) is 0.190. The summed E-state index contributed by atoms with van der Waals surface area (Å²) < 4.78 is 2.29. The first-order valence-corrected chi connectivity index (χ1v) is 8.15. The lowest BCUT2D eigenvalue weighted by molar-refractivity contribution is 0.0972. The average Bonchev–Trinajstić information content (AvgIpc) is 2.97. The van der Waals surface area contributed by atoms with Crippen LogP contribution in [0.2, 0.25) is 0 Å². The number of aromatic nitrogens is 1. The van der Waals surface area contributed by atoms with Crippen molar-refractivity contribution < 1.29 is 4.79 Å². The van der Waals surface area contributed by atoms with E-state index in [4.69, 9.17) is 0 Å². The zero-order valence-electron chi connectivity index (χ0n) is 13.3. The number of para-hydroxylation sites is 1. The van der Waals surface area contributed by atoms with Gasteiger partial charge in [-0.15, -0.1) is 0 Å². The van der Waals surface area contributed by atoms with Gasteiger partial charge < -0.3 is 4.57 Å². The van der Waals surface area contributed by atoms with Gasteiger partial charge in [-0.25, -0.2) is 0 Å². The van der Waals surface area contributed by atoms with Gasteiger partial charge in [-0.1, -0.05) is 48.5 Å². The highest BCUT2D eigenvalue weighted by Crippen LogP contribution is 2.34. The molecule has 2 heteroatoms. The van der Waals surface area contributed by atoms with Gasteiger partial charge in [-0.3, -0.25) is 4.79 Å². The molecule has 0 spiro atoms. The summed E-state index contributed by atoms with van der Waals surface area (Å²) in [6, 6.07) is 20.8. The van der Waals surface area contributed by atoms with Crippen LogP contribution in [0.15, 0.2) is 60.7 Å². The first kappa shape index (κ1) is 14.0. The van der Waals surface area contributed by atoms with Gasteiger partial charge in [0.2, 0.25) is 0 Å². The van der Waals surface area contributed by atoms with E-state index in [0.717, 1.165) is 35.4 Å². The van der Waals surface area contributed by atoms with Crippen LogP contribution in [-0.4, -0.2) is 10.4 Å². The summed E-state index contributed by atoms with van der Waals surface area (Å²) in [6.07, 6.45) is 2.57. The van der Waals surface area contributed by atoms with Crippen LogP contribution in [0.1, 0.15) is 34.5 Å². The Morgan fingerprint density at radius 1 is 0.913 bits per heavy atom. The van der Waals surface area contributed by atoms with Crippen LogP contribution >= 0.6 is 0 Å². The number of rotatable bonds is 2. The summed E-state index contributed by atoms with van der Waals surface area (Å²) in [5, 5.41) is 0. The summed E-state index contributed by atoms with van der Waals surface area (Å²) in [7, 11) is 0. The predicted molar refractivity (Wildman–Crippen MR) is 93.2 cm³/mol. The lowest BCUT2D eigenvalue weighted by Gasteiger charge is -2.18. The fourth-order valence-electron chi connectivity index (χ4n) is 3.50. The number of hydrogen-bond donors (Lipinski definition) is 0. The summed E-state index contributed by atoms with van der Waals surface area (Å²) in [5.74, 6) is 0.274. The van der Waals surface area contributed by atoms with Crippen LogP contribution in [0.25, 0.3) is 16.9 Å². The lowest BCUT2D eigenvalue weighted by Crippen LogP contribution is -2.13. The monoisotopic (exact) mass is 301 g/mol. The molecule has 0 atom stereocenters. The first-order valence-electron chi connectivity index (χ1n) is 8.15. The molecule has 0 N–H and O–H groups in total. The number of benzene rings is 2. The molecule has 23 heavy (non-hydrogen) atoms. The molecular weight excluding hydrogens is 282 g/mol. The lowest BCUT2D eigenvalue weighted by atomic mass is 9.96. The van der Waals surface area contributed by atoms with E-state index in [2.05, 4.69) is 54.0 Å². The summed E-state index contributed by atoms with van der Waals surface area (Å²) in [6.45, 7) is 2.13. The number of nitrogens with zero attached hydrogens (tertiary/aromatic N) is 1. The molecule has 3 aromatic rings. The molecule has 0 unspecified atom stereocenters. The zero-order chi connectivity index (χ0) is 15.8. The molecule has 0 saturated heterocycles. The Morgan fingerprint density at radius 3 is 2.43 bits per heavy atom. The fourth-order valence-corrected chi connectivity index (χ4v) is 3.50. The van der Waals surface area contributed by atoms with Gasteiger partial charge in [0.1, 0.15) is 0 Å². The smallest absolute Gasteiger partial charge is 0.164 e. The first-order chi connectivity index (χ1) is 11.3. The van der Waals surface area contributed by atoms with Crippen LogP contribution in [0, 0.1) is 6.92 Å². The molecule has 2 nitrogen and oxygen atoms in total. The normalized spacial score (nSPS) is 13.9. The third-order valence-electron chi connectivity index (χ3n) is 4.65. The number of Topliss-reactive ketones (excluding diaryl/α,β-unsaturated/α-hetero) is 1. The van der Waals surface area contributed by atoms with E-state index in [-0.39, 0.29) is 5.78 Å². The maximum absolute atomic E-state index is 12.4. The maximum Gasteiger partial charge on any atom is 0.164 e. The molecule has 0 amide bonds. The summed E-state index contributed by atoms with van der Waals surface area (Å²) >= 11 is 0.